The molecule has 2 aromatic rings. The highest BCUT2D eigenvalue weighted by molar-refractivity contribution is 5.76. The molecule has 1 amide bonds. The normalized spacial score (nSPS) is 15.7. The average molecular weight is 396 g/mol. The number of carbonyl (C=O) groups is 1. The minimum Gasteiger partial charge on any atom is -0.493 e. The Balaban J connectivity index is 1.74. The first kappa shape index (κ1) is 20.9. The zero-order valence-electron chi connectivity index (χ0n) is 16.9. The van der Waals surface area contributed by atoms with Gasteiger partial charge in [0.1, 0.15) is 6.10 Å². The van der Waals surface area contributed by atoms with Gasteiger partial charge in [0.2, 0.25) is 5.91 Å². The summed E-state index contributed by atoms with van der Waals surface area (Å²) in [5.41, 5.74) is 1.97. The third-order valence-corrected chi connectivity index (χ3v) is 4.79. The Hall–Kier alpha value is -2.86. The number of methoxy groups -OCH3 is 1. The molecule has 0 aliphatic carbocycles. The van der Waals surface area contributed by atoms with Crippen molar-refractivity contribution in [2.45, 2.75) is 38.5 Å². The molecule has 6 nitrogen and oxygen atoms in total. The maximum Gasteiger partial charge on any atom is 0.223 e. The highest BCUT2D eigenvalue weighted by Crippen LogP contribution is 2.31. The first-order valence-electron chi connectivity index (χ1n) is 9.88. The Morgan fingerprint density at radius 2 is 2.17 bits per heavy atom. The highest BCUT2D eigenvalue weighted by Gasteiger charge is 2.20. The summed E-state index contributed by atoms with van der Waals surface area (Å²) < 4.78 is 16.9. The third-order valence-electron chi connectivity index (χ3n) is 4.79. The van der Waals surface area contributed by atoms with Crippen LogP contribution in [0.4, 0.5) is 0 Å². The lowest BCUT2D eigenvalue weighted by Gasteiger charge is -2.24. The van der Waals surface area contributed by atoms with Crippen LogP contribution in [0.5, 0.6) is 11.5 Å². The molecular formula is C23H28N2O4. The number of pyridine rings is 1. The minimum atomic E-state index is 0.0531. The zero-order chi connectivity index (χ0) is 20.5. The van der Waals surface area contributed by atoms with Crippen LogP contribution in [0.1, 0.15) is 30.4 Å². The van der Waals surface area contributed by atoms with Crippen molar-refractivity contribution in [3.63, 3.8) is 0 Å². The van der Waals surface area contributed by atoms with Crippen molar-refractivity contribution in [2.24, 2.45) is 0 Å². The molecule has 1 atom stereocenters. The molecule has 3 rings (SSSR count). The topological polar surface area (TPSA) is 60.9 Å². The smallest absolute Gasteiger partial charge is 0.223 e. The first-order chi connectivity index (χ1) is 14.2. The average Bonchev–Trinajstić information content (AvgIpc) is 3.26. The number of nitrogens with zero attached hydrogens (tertiary/aromatic N) is 2. The van der Waals surface area contributed by atoms with Gasteiger partial charge in [-0.15, -0.1) is 6.58 Å². The number of ether oxygens (including phenoxy) is 3. The summed E-state index contributed by atoms with van der Waals surface area (Å²) in [6, 6.07) is 9.67. The molecule has 1 fully saturated rings. The molecule has 1 unspecified atom stereocenters. The van der Waals surface area contributed by atoms with Crippen molar-refractivity contribution < 1.29 is 19.0 Å². The van der Waals surface area contributed by atoms with Gasteiger partial charge in [0, 0.05) is 38.3 Å². The fourth-order valence-corrected chi connectivity index (χ4v) is 3.24. The molecule has 1 aliphatic rings. The van der Waals surface area contributed by atoms with Crippen molar-refractivity contribution in [2.75, 3.05) is 20.3 Å². The van der Waals surface area contributed by atoms with E-state index in [4.69, 9.17) is 14.2 Å². The lowest BCUT2D eigenvalue weighted by atomic mass is 10.1. The molecule has 1 aromatic heterocycles. The van der Waals surface area contributed by atoms with Crippen LogP contribution < -0.4 is 9.47 Å². The molecule has 1 aliphatic heterocycles. The van der Waals surface area contributed by atoms with Gasteiger partial charge in [-0.2, -0.15) is 0 Å². The van der Waals surface area contributed by atoms with Gasteiger partial charge >= 0.3 is 0 Å². The molecule has 6 heteroatoms. The summed E-state index contributed by atoms with van der Waals surface area (Å²) >= 11 is 0. The van der Waals surface area contributed by atoms with Gasteiger partial charge in [0.05, 0.1) is 20.3 Å². The molecular weight excluding hydrogens is 368 g/mol. The largest absolute Gasteiger partial charge is 0.493 e. The maximum absolute atomic E-state index is 12.8. The van der Waals surface area contributed by atoms with Crippen LogP contribution in [0.3, 0.4) is 0 Å². The van der Waals surface area contributed by atoms with Gasteiger partial charge in [-0.25, -0.2) is 0 Å². The second-order valence-electron chi connectivity index (χ2n) is 7.03. The van der Waals surface area contributed by atoms with Gasteiger partial charge in [-0.3, -0.25) is 9.78 Å². The first-order valence-corrected chi connectivity index (χ1v) is 9.88. The third kappa shape index (κ3) is 6.06. The molecule has 154 valence electrons. The van der Waals surface area contributed by atoms with Crippen LogP contribution in [-0.2, 0) is 22.6 Å². The lowest BCUT2D eigenvalue weighted by Crippen LogP contribution is -2.29. The van der Waals surface area contributed by atoms with Crippen molar-refractivity contribution in [3.05, 3.63) is 66.5 Å². The molecule has 0 radical (unpaired) electrons. The Morgan fingerprint density at radius 3 is 2.86 bits per heavy atom. The van der Waals surface area contributed by atoms with E-state index in [9.17, 15) is 4.79 Å². The van der Waals surface area contributed by atoms with E-state index in [1.807, 2.05) is 35.2 Å². The van der Waals surface area contributed by atoms with Gasteiger partial charge < -0.3 is 19.1 Å². The molecule has 2 heterocycles. The summed E-state index contributed by atoms with van der Waals surface area (Å²) in [5, 5.41) is 0. The molecule has 0 saturated carbocycles. The Kier molecular flexibility index (Phi) is 7.64. The van der Waals surface area contributed by atoms with E-state index in [1.54, 1.807) is 25.6 Å². The highest BCUT2D eigenvalue weighted by atomic mass is 16.6. The number of hydrogen-bond acceptors (Lipinski definition) is 5. The summed E-state index contributed by atoms with van der Waals surface area (Å²) in [6.45, 7) is 6.02. The molecule has 29 heavy (non-hydrogen) atoms. The summed E-state index contributed by atoms with van der Waals surface area (Å²) in [7, 11) is 1.62. The van der Waals surface area contributed by atoms with E-state index in [0.29, 0.717) is 44.0 Å². The van der Waals surface area contributed by atoms with E-state index in [1.165, 1.54) is 0 Å². The molecule has 1 aromatic carbocycles. The second-order valence-corrected chi connectivity index (χ2v) is 7.03. The van der Waals surface area contributed by atoms with Gasteiger partial charge in [0.15, 0.2) is 11.5 Å². The van der Waals surface area contributed by atoms with Crippen molar-refractivity contribution in [3.8, 4) is 11.5 Å². The van der Waals surface area contributed by atoms with Crippen LogP contribution >= 0.6 is 0 Å². The predicted molar refractivity (Wildman–Crippen MR) is 111 cm³/mol. The molecule has 1 saturated heterocycles. The van der Waals surface area contributed by atoms with Crippen molar-refractivity contribution in [1.29, 1.82) is 0 Å². The van der Waals surface area contributed by atoms with Crippen LogP contribution in [0.25, 0.3) is 0 Å². The quantitative estimate of drug-likeness (QED) is 0.573. The number of aromatic nitrogens is 1. The Bertz CT molecular complexity index is 804. The monoisotopic (exact) mass is 396 g/mol. The summed E-state index contributed by atoms with van der Waals surface area (Å²) in [4.78, 5) is 18.7. The summed E-state index contributed by atoms with van der Waals surface area (Å²) in [6.07, 6.45) is 7.30. The van der Waals surface area contributed by atoms with Crippen LogP contribution in [0.15, 0.2) is 55.4 Å². The summed E-state index contributed by atoms with van der Waals surface area (Å²) in [5.74, 6) is 1.44. The number of carbonyl (C=O) groups excluding carboxylic acids is 1. The van der Waals surface area contributed by atoms with Gasteiger partial charge in [-0.1, -0.05) is 18.2 Å². The molecule has 0 bridgehead atoms. The van der Waals surface area contributed by atoms with Crippen LogP contribution in [0.2, 0.25) is 0 Å². The number of benzene rings is 1. The van der Waals surface area contributed by atoms with Gasteiger partial charge in [0.25, 0.3) is 0 Å². The molecule has 0 N–H and O–H groups in total. The molecule has 0 spiro atoms. The minimum absolute atomic E-state index is 0.0531. The Morgan fingerprint density at radius 1 is 1.31 bits per heavy atom. The second kappa shape index (κ2) is 10.6. The number of rotatable bonds is 10. The van der Waals surface area contributed by atoms with E-state index >= 15 is 0 Å². The van der Waals surface area contributed by atoms with Crippen LogP contribution in [-0.4, -0.2) is 42.2 Å². The van der Waals surface area contributed by atoms with Crippen LogP contribution in [0, 0.1) is 0 Å². The standard InChI is InChI=1S/C23H28N2O4/c1-3-4-7-23(26)25(16-19-6-5-11-24-14-19)15-18-8-9-21(22(13-18)27-2)29-20-10-12-28-17-20/h3,5-6,8-9,11,13-14,20H,1,4,7,10,12,15-17H2,2H3. The fourth-order valence-electron chi connectivity index (χ4n) is 3.24. The maximum atomic E-state index is 12.8. The fraction of sp³-hybridized carbons (Fsp3) is 0.391. The SMILES string of the molecule is C=CCCC(=O)N(Cc1cccnc1)Cc1ccc(OC2CCOC2)c(OC)c1. The van der Waals surface area contributed by atoms with Crippen molar-refractivity contribution >= 4 is 5.91 Å². The van der Waals surface area contributed by atoms with Crippen molar-refractivity contribution in [1.82, 2.24) is 9.88 Å². The van der Waals surface area contributed by atoms with E-state index in [0.717, 1.165) is 24.2 Å². The number of allylic oxidation sites excluding steroid dienone is 1. The number of hydrogen-bond donors (Lipinski definition) is 0. The lowest BCUT2D eigenvalue weighted by molar-refractivity contribution is -0.132. The van der Waals surface area contributed by atoms with Gasteiger partial charge in [-0.05, 0) is 35.7 Å². The Labute approximate surface area is 172 Å². The van der Waals surface area contributed by atoms with E-state index < -0.39 is 0 Å². The zero-order valence-corrected chi connectivity index (χ0v) is 16.9. The number of amides is 1. The van der Waals surface area contributed by atoms with E-state index in [2.05, 4.69) is 11.6 Å². The predicted octanol–water partition coefficient (Wildman–Crippen LogP) is 3.75. The van der Waals surface area contributed by atoms with E-state index in [-0.39, 0.29) is 12.0 Å².